The summed E-state index contributed by atoms with van der Waals surface area (Å²) in [6, 6.07) is 8.03. The van der Waals surface area contributed by atoms with Gasteiger partial charge in [-0.3, -0.25) is 14.4 Å². The fourth-order valence-corrected chi connectivity index (χ4v) is 8.86. The number of aliphatic hydroxyl groups is 1. The van der Waals surface area contributed by atoms with Gasteiger partial charge in [0, 0.05) is 48.3 Å². The van der Waals surface area contributed by atoms with Gasteiger partial charge in [-0.2, -0.15) is 0 Å². The lowest BCUT2D eigenvalue weighted by molar-refractivity contribution is -0.292. The van der Waals surface area contributed by atoms with Crippen LogP contribution in [0.2, 0.25) is 0 Å². The Labute approximate surface area is 352 Å². The second kappa shape index (κ2) is 19.3. The van der Waals surface area contributed by atoms with E-state index in [1.807, 2.05) is 56.3 Å². The molecule has 2 amide bonds. The number of esters is 1. The molecule has 5 rings (SSSR count). The standard InChI is InChI=1S/C44H61N5O11/c1-11-32-44(8)36(48-42(55)60-44)26(4)33(50)24(2)23-43(7,59-41(54)47-19-12-14-29-15-17-30(18-16-29)38-45-20-13-21-46-38)37(27(5)34(51)28(6)39(53)57-32)58-40-35(52)31(49(9)10)22-25(3)56-40/h12-18,20-21,24-28,31-32,35-37,40,52H,11,19,22-23H2,1-10H3,(H,47,54)(H,48,55)/b14-12+/t24-,25-,26+,27+,28-,31+,32-,35-,36+,37-,40+,43-,44-/m1/s1. The second-order valence-electron chi connectivity index (χ2n) is 17.0. The number of likely N-dealkylation sites (N-methyl/N-ethyl adjacent to an activating group) is 1. The number of cyclic esters (lactones) is 1. The molecular weight excluding hydrogens is 775 g/mol. The highest BCUT2D eigenvalue weighted by atomic mass is 16.7. The van der Waals surface area contributed by atoms with Crippen LogP contribution < -0.4 is 10.6 Å². The van der Waals surface area contributed by atoms with Crippen molar-refractivity contribution in [1.29, 1.82) is 0 Å². The Balaban J connectivity index is 1.48. The van der Waals surface area contributed by atoms with Crippen LogP contribution in [0.5, 0.6) is 0 Å². The Morgan fingerprint density at radius 1 is 1.02 bits per heavy atom. The molecule has 4 heterocycles. The lowest BCUT2D eigenvalue weighted by Gasteiger charge is -2.47. The molecule has 0 radical (unpaired) electrons. The molecule has 16 nitrogen and oxygen atoms in total. The van der Waals surface area contributed by atoms with Crippen LogP contribution in [-0.2, 0) is 38.1 Å². The number of hydrogen-bond donors (Lipinski definition) is 3. The zero-order valence-electron chi connectivity index (χ0n) is 36.2. The number of ketones is 2. The highest BCUT2D eigenvalue weighted by molar-refractivity contribution is 6.00. The zero-order chi connectivity index (χ0) is 44.1. The van der Waals surface area contributed by atoms with Crippen molar-refractivity contribution in [2.75, 3.05) is 20.6 Å². The van der Waals surface area contributed by atoms with E-state index in [0.717, 1.165) is 11.1 Å². The van der Waals surface area contributed by atoms with Crippen LogP contribution in [0.25, 0.3) is 17.5 Å². The van der Waals surface area contributed by atoms with Crippen molar-refractivity contribution in [3.05, 3.63) is 54.4 Å². The van der Waals surface area contributed by atoms with Crippen molar-refractivity contribution < 1.29 is 52.8 Å². The summed E-state index contributed by atoms with van der Waals surface area (Å²) in [7, 11) is 3.65. The van der Waals surface area contributed by atoms with Crippen LogP contribution >= 0.6 is 0 Å². The lowest BCUT2D eigenvalue weighted by atomic mass is 9.73. The van der Waals surface area contributed by atoms with Crippen molar-refractivity contribution in [3.63, 3.8) is 0 Å². The molecule has 0 saturated carbocycles. The number of Topliss-reactive ketones (excluding diaryl/α,β-unsaturated/α-hetero) is 2. The van der Waals surface area contributed by atoms with Crippen LogP contribution in [0, 0.1) is 23.7 Å². The van der Waals surface area contributed by atoms with E-state index in [9.17, 15) is 29.1 Å². The number of aromatic nitrogens is 2. The molecule has 2 aromatic rings. The number of alkyl carbamates (subject to hydrolysis) is 2. The van der Waals surface area contributed by atoms with Gasteiger partial charge in [0.15, 0.2) is 23.5 Å². The van der Waals surface area contributed by atoms with Crippen molar-refractivity contribution in [1.82, 2.24) is 25.5 Å². The third kappa shape index (κ3) is 10.2. The maximum atomic E-state index is 14.4. The Morgan fingerprint density at radius 2 is 1.68 bits per heavy atom. The number of fused-ring (bicyclic) bond motifs is 1. The average Bonchev–Trinajstić information content (AvgIpc) is 3.53. The number of nitrogens with one attached hydrogen (secondary N) is 2. The van der Waals surface area contributed by atoms with Gasteiger partial charge in [-0.1, -0.05) is 64.1 Å². The highest BCUT2D eigenvalue weighted by Gasteiger charge is 2.57. The Kier molecular flexibility index (Phi) is 14.9. The maximum Gasteiger partial charge on any atom is 0.408 e. The molecule has 3 fully saturated rings. The molecule has 3 N–H and O–H groups in total. The molecule has 1 aromatic carbocycles. The molecule has 13 atom stereocenters. The van der Waals surface area contributed by atoms with E-state index in [-0.39, 0.29) is 37.3 Å². The van der Waals surface area contributed by atoms with Gasteiger partial charge in [0.2, 0.25) is 0 Å². The number of nitrogens with zero attached hydrogens (tertiary/aromatic N) is 3. The van der Waals surface area contributed by atoms with Gasteiger partial charge in [-0.25, -0.2) is 19.6 Å². The monoisotopic (exact) mass is 835 g/mol. The molecule has 0 spiro atoms. The molecule has 328 valence electrons. The first-order chi connectivity index (χ1) is 28.3. The molecular formula is C44H61N5O11. The molecule has 3 aliphatic rings. The van der Waals surface area contributed by atoms with Crippen molar-refractivity contribution in [2.24, 2.45) is 23.7 Å². The van der Waals surface area contributed by atoms with Crippen molar-refractivity contribution in [3.8, 4) is 11.4 Å². The van der Waals surface area contributed by atoms with Crippen LogP contribution in [0.1, 0.15) is 80.2 Å². The number of ether oxygens (including phenoxy) is 5. The van der Waals surface area contributed by atoms with Gasteiger partial charge in [0.05, 0.1) is 12.1 Å². The first-order valence-electron chi connectivity index (χ1n) is 20.7. The third-order valence-corrected chi connectivity index (χ3v) is 12.2. The van der Waals surface area contributed by atoms with E-state index in [0.29, 0.717) is 12.2 Å². The highest BCUT2D eigenvalue weighted by Crippen LogP contribution is 2.40. The van der Waals surface area contributed by atoms with Crippen molar-refractivity contribution >= 4 is 35.8 Å². The molecule has 16 heteroatoms. The van der Waals surface area contributed by atoms with Gasteiger partial charge in [0.25, 0.3) is 0 Å². The van der Waals surface area contributed by atoms with E-state index in [1.54, 1.807) is 66.1 Å². The molecule has 0 unspecified atom stereocenters. The van der Waals surface area contributed by atoms with Crippen LogP contribution in [0.4, 0.5) is 9.59 Å². The smallest absolute Gasteiger partial charge is 0.408 e. The fourth-order valence-electron chi connectivity index (χ4n) is 8.86. The van der Waals surface area contributed by atoms with Crippen LogP contribution in [0.3, 0.4) is 0 Å². The summed E-state index contributed by atoms with van der Waals surface area (Å²) >= 11 is 0. The van der Waals surface area contributed by atoms with E-state index >= 15 is 0 Å². The largest absolute Gasteiger partial charge is 0.458 e. The summed E-state index contributed by atoms with van der Waals surface area (Å²) in [6.07, 6.45) is 0.660. The SMILES string of the molecule is CC[C@H]1OC(=O)[C@H](C)C(=O)[C@H](C)[C@@H](O[C@@H]2O[C@H](C)C[C@H](N(C)C)[C@H]2O)[C@](C)(OC(=O)NC/C=C/c2ccc(-c3ncccn3)cc2)C[C@@H](C)C(=O)[C@H](C)[C@@H]2NC(=O)O[C@]12C. The fraction of sp³-hybridized carbons (Fsp3) is 0.614. The van der Waals surface area contributed by atoms with Gasteiger partial charge in [0.1, 0.15) is 35.6 Å². The van der Waals surface area contributed by atoms with Gasteiger partial charge < -0.3 is 44.3 Å². The van der Waals surface area contributed by atoms with Gasteiger partial charge in [-0.15, -0.1) is 0 Å². The quantitative estimate of drug-likeness (QED) is 0.178. The number of carbonyl (C=O) groups is 5. The summed E-state index contributed by atoms with van der Waals surface area (Å²) in [4.78, 5) is 79.7. The predicted molar refractivity (Wildman–Crippen MR) is 220 cm³/mol. The van der Waals surface area contributed by atoms with Crippen LogP contribution in [0.15, 0.2) is 48.8 Å². The van der Waals surface area contributed by atoms with E-state index in [4.69, 9.17) is 23.7 Å². The summed E-state index contributed by atoms with van der Waals surface area (Å²) in [5.41, 5.74) is -1.48. The Morgan fingerprint density at radius 3 is 2.32 bits per heavy atom. The number of hydrogen-bond acceptors (Lipinski definition) is 14. The zero-order valence-corrected chi connectivity index (χ0v) is 36.2. The average molecular weight is 836 g/mol. The molecule has 1 aromatic heterocycles. The summed E-state index contributed by atoms with van der Waals surface area (Å²) in [5, 5.41) is 17.1. The molecule has 0 aliphatic carbocycles. The first-order valence-corrected chi connectivity index (χ1v) is 20.7. The molecule has 3 saturated heterocycles. The van der Waals surface area contributed by atoms with E-state index < -0.39 is 89.5 Å². The summed E-state index contributed by atoms with van der Waals surface area (Å²) < 4.78 is 30.7. The lowest BCUT2D eigenvalue weighted by Crippen LogP contribution is -2.60. The number of rotatable bonds is 9. The molecule has 60 heavy (non-hydrogen) atoms. The second-order valence-corrected chi connectivity index (χ2v) is 17.0. The normalized spacial score (nSPS) is 35.6. The minimum Gasteiger partial charge on any atom is -0.458 e. The Hall–Kier alpha value is -4.77. The van der Waals surface area contributed by atoms with E-state index in [2.05, 4.69) is 20.6 Å². The molecule has 0 bridgehead atoms. The van der Waals surface area contributed by atoms with Gasteiger partial charge >= 0.3 is 18.2 Å². The number of aliphatic hydroxyl groups excluding tert-OH is 1. The Bertz CT molecular complexity index is 1880. The maximum absolute atomic E-state index is 14.4. The van der Waals surface area contributed by atoms with Crippen LogP contribution in [-0.4, -0.2) is 124 Å². The predicted octanol–water partition coefficient (Wildman–Crippen LogP) is 4.73. The van der Waals surface area contributed by atoms with Crippen molar-refractivity contribution in [2.45, 2.75) is 129 Å². The minimum atomic E-state index is -1.75. The first kappa shape index (κ1) is 46.3. The summed E-state index contributed by atoms with van der Waals surface area (Å²) in [5.74, 6) is -5.38. The van der Waals surface area contributed by atoms with E-state index in [1.165, 1.54) is 6.92 Å². The third-order valence-electron chi connectivity index (χ3n) is 12.2. The summed E-state index contributed by atoms with van der Waals surface area (Å²) in [6.45, 7) is 13.1. The number of benzene rings is 1. The minimum absolute atomic E-state index is 0.0535. The van der Waals surface area contributed by atoms with Gasteiger partial charge in [-0.05, 0) is 72.7 Å². The molecule has 3 aliphatic heterocycles. The topological polar surface area (TPSA) is 205 Å². The number of amides is 2. The number of carbonyl (C=O) groups excluding carboxylic acids is 5.